The second-order valence-corrected chi connectivity index (χ2v) is 19.8. The zero-order chi connectivity index (χ0) is 37.9. The Labute approximate surface area is 322 Å². The van der Waals surface area contributed by atoms with Crippen LogP contribution in [0, 0.1) is 40.4 Å². The summed E-state index contributed by atoms with van der Waals surface area (Å²) in [7, 11) is 3.10. The second kappa shape index (κ2) is 20.1. The predicted octanol–water partition coefficient (Wildman–Crippen LogP) is 6.71. The monoisotopic (exact) mass is 762 g/mol. The van der Waals surface area contributed by atoms with E-state index in [0.29, 0.717) is 42.3 Å². The number of hydrogen-bond acceptors (Lipinski definition) is 8. The van der Waals surface area contributed by atoms with Crippen LogP contribution in [0.3, 0.4) is 0 Å². The number of allylic oxidation sites excluding steroid dienone is 1. The molecule has 1 amide bonds. The number of esters is 1. The predicted molar refractivity (Wildman–Crippen MR) is 220 cm³/mol. The van der Waals surface area contributed by atoms with E-state index in [-0.39, 0.29) is 29.4 Å². The van der Waals surface area contributed by atoms with Crippen LogP contribution in [0.15, 0.2) is 21.6 Å². The number of hydrogen-bond donors (Lipinski definition) is 5. The first kappa shape index (κ1) is 42.8. The number of ether oxygens (including phenoxy) is 1. The molecule has 0 heterocycles. The summed E-state index contributed by atoms with van der Waals surface area (Å²) in [6.07, 6.45) is 19.8. The van der Waals surface area contributed by atoms with Crippen molar-refractivity contribution in [2.45, 2.75) is 149 Å². The fourth-order valence-electron chi connectivity index (χ4n) is 10.2. The van der Waals surface area contributed by atoms with Crippen LogP contribution in [0.2, 0.25) is 0 Å². The molecule has 10 nitrogen and oxygen atoms in total. The van der Waals surface area contributed by atoms with Gasteiger partial charge >= 0.3 is 5.97 Å². The number of nitrogens with one attached hydrogen (secondary N) is 1. The molecule has 0 spiro atoms. The van der Waals surface area contributed by atoms with Gasteiger partial charge in [-0.2, -0.15) is 0 Å². The van der Waals surface area contributed by atoms with E-state index in [9.17, 15) is 9.59 Å². The Morgan fingerprint density at radius 2 is 1.77 bits per heavy atom. The van der Waals surface area contributed by atoms with Gasteiger partial charge in [0.05, 0.1) is 5.84 Å². The maximum atomic E-state index is 13.0. The van der Waals surface area contributed by atoms with E-state index in [1.54, 1.807) is 17.7 Å². The Bertz CT molecular complexity index is 1270. The van der Waals surface area contributed by atoms with Gasteiger partial charge in [-0.3, -0.25) is 14.6 Å². The minimum Gasteiger partial charge on any atom is -0.461 e. The third-order valence-electron chi connectivity index (χ3n) is 13.1. The van der Waals surface area contributed by atoms with Gasteiger partial charge < -0.3 is 33.0 Å². The highest BCUT2D eigenvalue weighted by Crippen LogP contribution is 2.66. The summed E-state index contributed by atoms with van der Waals surface area (Å²) in [5.41, 5.74) is 25.3. The number of guanidine groups is 1. The number of aliphatic imine (C=N–C) groups is 2. The lowest BCUT2D eigenvalue weighted by atomic mass is 9.47. The molecule has 4 rings (SSSR count). The molecule has 3 saturated carbocycles. The van der Waals surface area contributed by atoms with Gasteiger partial charge in [-0.05, 0) is 118 Å². The first-order valence-electron chi connectivity index (χ1n) is 20.3. The Morgan fingerprint density at radius 3 is 2.50 bits per heavy atom. The number of unbranched alkanes of at least 4 members (excludes halogenated alkanes) is 2. The number of carbonyl (C=O) groups is 2. The first-order valence-corrected chi connectivity index (χ1v) is 22.8. The van der Waals surface area contributed by atoms with Crippen molar-refractivity contribution in [1.82, 2.24) is 5.32 Å². The van der Waals surface area contributed by atoms with E-state index in [2.05, 4.69) is 49.1 Å². The van der Waals surface area contributed by atoms with Crippen LogP contribution in [0.25, 0.3) is 0 Å². The highest BCUT2D eigenvalue weighted by Gasteiger charge is 2.58. The molecule has 296 valence electrons. The van der Waals surface area contributed by atoms with Crippen LogP contribution in [0.5, 0.6) is 0 Å². The fourth-order valence-corrected chi connectivity index (χ4v) is 12.2. The van der Waals surface area contributed by atoms with Crippen molar-refractivity contribution in [3.8, 4) is 0 Å². The summed E-state index contributed by atoms with van der Waals surface area (Å²) in [6.45, 7) is 12.7. The molecule has 0 aromatic heterocycles. The fraction of sp³-hybridized carbons (Fsp3) is 0.850. The van der Waals surface area contributed by atoms with Crippen molar-refractivity contribution in [1.29, 1.82) is 0 Å². The molecule has 0 saturated heterocycles. The normalized spacial score (nSPS) is 31.1. The number of fused-ring (bicyclic) bond motifs is 5. The summed E-state index contributed by atoms with van der Waals surface area (Å²) >= 11 is 0. The van der Waals surface area contributed by atoms with Gasteiger partial charge in [-0.15, -0.1) is 0 Å². The molecule has 3 fully saturated rings. The average Bonchev–Trinajstić information content (AvgIpc) is 3.43. The Hall–Kier alpha value is -1.92. The third kappa shape index (κ3) is 11.5. The van der Waals surface area contributed by atoms with Crippen molar-refractivity contribution in [3.05, 3.63) is 11.6 Å². The van der Waals surface area contributed by atoms with Gasteiger partial charge in [0.1, 0.15) is 18.2 Å². The van der Waals surface area contributed by atoms with Gasteiger partial charge in [0.15, 0.2) is 5.96 Å². The molecule has 0 radical (unpaired) electrons. The van der Waals surface area contributed by atoms with Crippen molar-refractivity contribution in [2.24, 2.45) is 73.3 Å². The lowest BCUT2D eigenvalue weighted by Gasteiger charge is -2.58. The number of amidine groups is 1. The van der Waals surface area contributed by atoms with E-state index < -0.39 is 12.1 Å². The summed E-state index contributed by atoms with van der Waals surface area (Å²) in [6, 6.07) is -1.31. The molecular weight excluding hydrogens is 691 g/mol. The molecule has 0 aromatic carbocycles. The Balaban J connectivity index is 1.16. The molecule has 4 aliphatic rings. The van der Waals surface area contributed by atoms with Crippen LogP contribution in [0.4, 0.5) is 0 Å². The molecule has 9 unspecified atom stereocenters. The van der Waals surface area contributed by atoms with E-state index in [1.165, 1.54) is 74.2 Å². The standard InChI is InChI=1S/C40H71N7O3S2/c1-26(2)10-6-7-11-28-14-16-32-31-15-13-29-24-30(17-19-40(29,5)33(31)18-20-39(28,32)4)50-37(49)34(42)25-52-51-23-22-46-36(48)35(47-38(43)44)12-8-9-21-45-27(3)41/h13,26,28,30-35H,6-12,14-25,42H2,1-5H3,(H2,41,45)(H,46,48)(H4,43,44,47). The number of amides is 1. The molecule has 0 aliphatic heterocycles. The quantitative estimate of drug-likeness (QED) is 0.0225. The van der Waals surface area contributed by atoms with Crippen LogP contribution in [-0.2, 0) is 14.3 Å². The van der Waals surface area contributed by atoms with Gasteiger partial charge in [0.25, 0.3) is 0 Å². The van der Waals surface area contributed by atoms with E-state index in [1.807, 2.05) is 0 Å². The number of carbonyl (C=O) groups excluding carboxylic acids is 2. The van der Waals surface area contributed by atoms with Gasteiger partial charge in [0, 0.05) is 31.0 Å². The van der Waals surface area contributed by atoms with Crippen molar-refractivity contribution in [2.75, 3.05) is 24.6 Å². The molecule has 52 heavy (non-hydrogen) atoms. The van der Waals surface area contributed by atoms with Crippen molar-refractivity contribution < 1.29 is 14.3 Å². The zero-order valence-corrected chi connectivity index (χ0v) is 34.5. The zero-order valence-electron chi connectivity index (χ0n) is 32.9. The van der Waals surface area contributed by atoms with Crippen molar-refractivity contribution in [3.63, 3.8) is 0 Å². The third-order valence-corrected chi connectivity index (χ3v) is 15.5. The highest BCUT2D eigenvalue weighted by atomic mass is 33.1. The first-order chi connectivity index (χ1) is 24.7. The Morgan fingerprint density at radius 1 is 1.00 bits per heavy atom. The van der Waals surface area contributed by atoms with E-state index >= 15 is 0 Å². The maximum absolute atomic E-state index is 13.0. The van der Waals surface area contributed by atoms with Gasteiger partial charge in [-0.25, -0.2) is 4.99 Å². The smallest absolute Gasteiger partial charge is 0.324 e. The summed E-state index contributed by atoms with van der Waals surface area (Å²) in [5.74, 6) is 5.18. The average molecular weight is 762 g/mol. The minimum atomic E-state index is -0.680. The molecule has 9 atom stereocenters. The molecule has 0 bridgehead atoms. The van der Waals surface area contributed by atoms with E-state index in [0.717, 1.165) is 61.7 Å². The lowest BCUT2D eigenvalue weighted by Crippen LogP contribution is -2.50. The minimum absolute atomic E-state index is 0.0893. The topological polar surface area (TPSA) is 184 Å². The van der Waals surface area contributed by atoms with Crippen LogP contribution < -0.4 is 28.3 Å². The van der Waals surface area contributed by atoms with Crippen LogP contribution in [-0.4, -0.2) is 66.5 Å². The lowest BCUT2D eigenvalue weighted by molar-refractivity contribution is -0.152. The largest absolute Gasteiger partial charge is 0.461 e. The summed E-state index contributed by atoms with van der Waals surface area (Å²) in [4.78, 5) is 34.0. The molecule has 0 aromatic rings. The number of rotatable bonds is 20. The van der Waals surface area contributed by atoms with Crippen LogP contribution >= 0.6 is 21.6 Å². The van der Waals surface area contributed by atoms with Crippen molar-refractivity contribution >= 4 is 45.3 Å². The summed E-state index contributed by atoms with van der Waals surface area (Å²) < 4.78 is 6.04. The maximum Gasteiger partial charge on any atom is 0.324 e. The van der Waals surface area contributed by atoms with Crippen LogP contribution in [0.1, 0.15) is 131 Å². The number of nitrogens with zero attached hydrogens (tertiary/aromatic N) is 2. The van der Waals surface area contributed by atoms with Gasteiger partial charge in [-0.1, -0.05) is 80.2 Å². The highest BCUT2D eigenvalue weighted by molar-refractivity contribution is 8.76. The Kier molecular flexibility index (Phi) is 16.6. The molecule has 12 heteroatoms. The second-order valence-electron chi connectivity index (χ2n) is 17.2. The molecule has 4 aliphatic carbocycles. The molecular formula is C40H71N7O3S2. The van der Waals surface area contributed by atoms with E-state index in [4.69, 9.17) is 27.7 Å². The SMILES string of the molecule is CC(N)=NCCCCC(N=C(N)N)C(=O)NCCSSCC(N)C(=O)OC1CCC2(C)C(=CCC3C2CCC2(C)C(CCCCC(C)C)CCC32)C1. The van der Waals surface area contributed by atoms with Gasteiger partial charge in [0.2, 0.25) is 5.91 Å². The summed E-state index contributed by atoms with van der Waals surface area (Å²) in [5, 5.41) is 2.92. The molecule has 9 N–H and O–H groups in total. The number of nitrogens with two attached hydrogens (primary N) is 4.